The number of carbonyl (C=O) groups excluding carboxylic acids is 5. The highest BCUT2D eigenvalue weighted by Crippen LogP contribution is 2.38. The number of nitro benzene ring substituents is 1. The number of esters is 1. The number of benzene rings is 3. The van der Waals surface area contributed by atoms with Crippen molar-refractivity contribution in [3.05, 3.63) is 116 Å². The number of ketones is 1. The zero-order valence-corrected chi connectivity index (χ0v) is 24.4. The topological polar surface area (TPSA) is 144 Å². The van der Waals surface area contributed by atoms with Crippen molar-refractivity contribution in [2.24, 2.45) is 11.8 Å². The van der Waals surface area contributed by atoms with Crippen molar-refractivity contribution in [2.75, 3.05) is 6.54 Å². The van der Waals surface area contributed by atoms with E-state index in [0.717, 1.165) is 32.2 Å². The Morgan fingerprint density at radius 1 is 0.907 bits per heavy atom. The minimum atomic E-state index is -0.840. The van der Waals surface area contributed by atoms with Gasteiger partial charge in [-0.25, -0.2) is 9.80 Å². The first-order valence-corrected chi connectivity index (χ1v) is 14.0. The third kappa shape index (κ3) is 6.14. The van der Waals surface area contributed by atoms with E-state index in [0.29, 0.717) is 18.4 Å². The summed E-state index contributed by atoms with van der Waals surface area (Å²) in [5, 5.41) is 12.6. The Hall–Kier alpha value is -4.97. The van der Waals surface area contributed by atoms with Crippen LogP contribution in [0.5, 0.6) is 5.75 Å². The van der Waals surface area contributed by atoms with Crippen molar-refractivity contribution >= 4 is 51.1 Å². The largest absolute Gasteiger partial charge is 0.423 e. The number of hydrogen-bond acceptors (Lipinski definition) is 8. The predicted octanol–water partition coefficient (Wildman–Crippen LogP) is 5.16. The maximum atomic E-state index is 13.7. The van der Waals surface area contributed by atoms with E-state index in [4.69, 9.17) is 4.74 Å². The Kier molecular flexibility index (Phi) is 8.31. The van der Waals surface area contributed by atoms with E-state index < -0.39 is 52.8 Å². The summed E-state index contributed by atoms with van der Waals surface area (Å²) >= 11 is 3.30. The van der Waals surface area contributed by atoms with Crippen LogP contribution in [0.4, 0.5) is 5.69 Å². The molecule has 5 rings (SSSR count). The van der Waals surface area contributed by atoms with Gasteiger partial charge in [-0.3, -0.25) is 29.3 Å². The summed E-state index contributed by atoms with van der Waals surface area (Å²) in [5.74, 6) is -4.32. The van der Waals surface area contributed by atoms with E-state index >= 15 is 0 Å². The number of amides is 3. The van der Waals surface area contributed by atoms with E-state index in [1.165, 1.54) is 36.4 Å². The monoisotopic (exact) mass is 645 g/mol. The number of imide groups is 1. The average molecular weight is 646 g/mol. The molecule has 1 aliphatic heterocycles. The minimum absolute atomic E-state index is 0.0432. The molecule has 3 aromatic rings. The van der Waals surface area contributed by atoms with Gasteiger partial charge < -0.3 is 4.74 Å². The molecule has 218 valence electrons. The average Bonchev–Trinajstić information content (AvgIpc) is 3.24. The number of allylic oxidation sites excluding steroid dienone is 2. The lowest BCUT2D eigenvalue weighted by Crippen LogP contribution is -2.52. The number of hydrogen-bond donors (Lipinski definition) is 0. The second kappa shape index (κ2) is 12.1. The molecule has 3 aromatic carbocycles. The number of halogens is 1. The number of fused-ring (bicyclic) bond motifs is 1. The molecule has 11 nitrogen and oxygen atoms in total. The molecule has 0 N–H and O–H groups in total. The number of Topliss-reactive ketones (excluding diaryl/α,β-unsaturated/α-hetero) is 1. The molecule has 1 fully saturated rings. The summed E-state index contributed by atoms with van der Waals surface area (Å²) < 4.78 is 6.17. The quantitative estimate of drug-likeness (QED) is 0.0621. The van der Waals surface area contributed by atoms with Crippen LogP contribution in [0, 0.1) is 22.0 Å². The van der Waals surface area contributed by atoms with Crippen molar-refractivity contribution < 1.29 is 33.6 Å². The molecule has 12 heteroatoms. The van der Waals surface area contributed by atoms with Crippen molar-refractivity contribution in [3.8, 4) is 5.75 Å². The molecule has 43 heavy (non-hydrogen) atoms. The van der Waals surface area contributed by atoms with Gasteiger partial charge in [0.15, 0.2) is 5.78 Å². The van der Waals surface area contributed by atoms with Crippen LogP contribution in [0.3, 0.4) is 0 Å². The van der Waals surface area contributed by atoms with Crippen LogP contribution in [-0.4, -0.2) is 51.0 Å². The van der Waals surface area contributed by atoms with Crippen LogP contribution in [0.15, 0.2) is 88.9 Å². The highest BCUT2D eigenvalue weighted by molar-refractivity contribution is 9.10. The molecular formula is C31H24BrN3O8. The summed E-state index contributed by atoms with van der Waals surface area (Å²) in [7, 11) is 0. The summed E-state index contributed by atoms with van der Waals surface area (Å²) in [6, 6.07) is 16.9. The Bertz CT molecular complexity index is 1670. The van der Waals surface area contributed by atoms with Crippen LogP contribution < -0.4 is 4.74 Å². The van der Waals surface area contributed by atoms with Crippen LogP contribution in [0.25, 0.3) is 0 Å². The highest BCUT2D eigenvalue weighted by atomic mass is 79.9. The molecule has 0 radical (unpaired) electrons. The zero-order valence-electron chi connectivity index (χ0n) is 22.8. The van der Waals surface area contributed by atoms with Gasteiger partial charge in [-0.1, -0.05) is 27.6 Å². The fraction of sp³-hybridized carbons (Fsp3) is 0.194. The minimum Gasteiger partial charge on any atom is -0.423 e. The molecule has 1 heterocycles. The first-order chi connectivity index (χ1) is 20.5. The molecule has 0 saturated carbocycles. The van der Waals surface area contributed by atoms with Crippen LogP contribution in [0.1, 0.15) is 50.8 Å². The summed E-state index contributed by atoms with van der Waals surface area (Å²) in [6.07, 6.45) is 2.58. The SMILES string of the molecule is CC1=CC[C@@H]2C(=O)N(N(CC(=O)c3ccc(OC(=O)c4ccc(Br)cc4)cc3)C(=O)c3ccc([N+](=O)[O-])cc3)C(=O)[C@H]2C1. The van der Waals surface area contributed by atoms with Crippen molar-refractivity contribution in [1.29, 1.82) is 0 Å². The smallest absolute Gasteiger partial charge is 0.343 e. The van der Waals surface area contributed by atoms with Crippen molar-refractivity contribution in [2.45, 2.75) is 19.8 Å². The third-order valence-electron chi connectivity index (χ3n) is 7.36. The van der Waals surface area contributed by atoms with Gasteiger partial charge in [-0.15, -0.1) is 0 Å². The zero-order chi connectivity index (χ0) is 30.8. The number of non-ortho nitro benzene ring substituents is 1. The first kappa shape index (κ1) is 29.5. The molecule has 3 amide bonds. The van der Waals surface area contributed by atoms with Gasteiger partial charge in [-0.2, -0.15) is 5.01 Å². The van der Waals surface area contributed by atoms with Crippen LogP contribution in [0.2, 0.25) is 0 Å². The number of nitro groups is 1. The summed E-state index contributed by atoms with van der Waals surface area (Å²) in [5.41, 5.74) is 1.13. The number of nitrogens with zero attached hydrogens (tertiary/aromatic N) is 3. The maximum absolute atomic E-state index is 13.7. The fourth-order valence-corrected chi connectivity index (χ4v) is 5.32. The normalized spacial score (nSPS) is 17.6. The number of carbonyl (C=O) groups is 5. The van der Waals surface area contributed by atoms with Gasteiger partial charge in [-0.05, 0) is 80.4 Å². The number of rotatable bonds is 8. The lowest BCUT2D eigenvalue weighted by Gasteiger charge is -2.30. The first-order valence-electron chi connectivity index (χ1n) is 13.2. The van der Waals surface area contributed by atoms with Gasteiger partial charge in [0.25, 0.3) is 23.4 Å². The summed E-state index contributed by atoms with van der Waals surface area (Å²) in [4.78, 5) is 76.8. The van der Waals surface area contributed by atoms with E-state index in [-0.39, 0.29) is 22.6 Å². The van der Waals surface area contributed by atoms with Gasteiger partial charge >= 0.3 is 5.97 Å². The van der Waals surface area contributed by atoms with E-state index in [1.807, 2.05) is 13.0 Å². The van der Waals surface area contributed by atoms with E-state index in [1.54, 1.807) is 24.3 Å². The Morgan fingerprint density at radius 3 is 2.12 bits per heavy atom. The van der Waals surface area contributed by atoms with Crippen LogP contribution >= 0.6 is 15.9 Å². The van der Waals surface area contributed by atoms with Crippen LogP contribution in [-0.2, 0) is 9.59 Å². The molecule has 1 aliphatic carbocycles. The molecular weight excluding hydrogens is 622 g/mol. The Balaban J connectivity index is 1.38. The lowest BCUT2D eigenvalue weighted by molar-refractivity contribution is -0.384. The molecule has 0 bridgehead atoms. The van der Waals surface area contributed by atoms with Gasteiger partial charge in [0.1, 0.15) is 12.3 Å². The molecule has 2 atom stereocenters. The number of ether oxygens (including phenoxy) is 1. The molecule has 0 unspecified atom stereocenters. The van der Waals surface area contributed by atoms with E-state index in [2.05, 4.69) is 15.9 Å². The highest BCUT2D eigenvalue weighted by Gasteiger charge is 2.51. The predicted molar refractivity (Wildman–Crippen MR) is 156 cm³/mol. The Morgan fingerprint density at radius 2 is 1.49 bits per heavy atom. The molecule has 0 aromatic heterocycles. The second-order valence-corrected chi connectivity index (χ2v) is 11.1. The molecule has 2 aliphatic rings. The standard InChI is InChI=1S/C31H24BrN3O8/c1-18-2-15-25-26(16-18)30(39)34(29(25)38)33(28(37)20-5-11-23(12-6-20)35(41)42)17-27(36)19-7-13-24(14-8-19)43-31(40)21-3-9-22(32)10-4-21/h2-14,25-26H,15-17H2,1H3/t25-,26-/m0/s1. The van der Waals surface area contributed by atoms with Crippen molar-refractivity contribution in [1.82, 2.24) is 10.0 Å². The lowest BCUT2D eigenvalue weighted by atomic mass is 9.82. The maximum Gasteiger partial charge on any atom is 0.343 e. The van der Waals surface area contributed by atoms with Gasteiger partial charge in [0, 0.05) is 27.7 Å². The van der Waals surface area contributed by atoms with Gasteiger partial charge in [0.2, 0.25) is 0 Å². The van der Waals surface area contributed by atoms with Crippen molar-refractivity contribution in [3.63, 3.8) is 0 Å². The number of hydrazine groups is 1. The molecule has 1 saturated heterocycles. The summed E-state index contributed by atoms with van der Waals surface area (Å²) in [6.45, 7) is 1.21. The third-order valence-corrected chi connectivity index (χ3v) is 7.89. The molecule has 0 spiro atoms. The second-order valence-electron chi connectivity index (χ2n) is 10.2. The van der Waals surface area contributed by atoms with Gasteiger partial charge in [0.05, 0.1) is 22.3 Å². The Labute approximate surface area is 254 Å². The van der Waals surface area contributed by atoms with E-state index in [9.17, 15) is 34.1 Å². The fourth-order valence-electron chi connectivity index (χ4n) is 5.05.